The zero-order valence-corrected chi connectivity index (χ0v) is 19.9. The molecule has 0 radical (unpaired) electrons. The van der Waals surface area contributed by atoms with Gasteiger partial charge >= 0.3 is 13.8 Å². The van der Waals surface area contributed by atoms with Crippen molar-refractivity contribution in [2.75, 3.05) is 13.2 Å². The molecule has 0 spiro atoms. The number of phosphoric ester groups is 1. The summed E-state index contributed by atoms with van der Waals surface area (Å²) in [6.45, 7) is 3.89. The van der Waals surface area contributed by atoms with Gasteiger partial charge in [-0.25, -0.2) is 4.57 Å². The quantitative estimate of drug-likeness (QED) is 0.0780. The Bertz CT molecular complexity index is 572. The Hall–Kier alpha value is -1.37. The fraction of sp³-hybridized carbons (Fsp3) is 0.652. The first-order chi connectivity index (χ1) is 14.9. The maximum Gasteiger partial charge on any atom is 0.512 e. The summed E-state index contributed by atoms with van der Waals surface area (Å²) >= 11 is 0. The van der Waals surface area contributed by atoms with Crippen molar-refractivity contribution in [2.24, 2.45) is 0 Å². The highest BCUT2D eigenvalue weighted by molar-refractivity contribution is 7.47. The zero-order valence-electron chi connectivity index (χ0n) is 19.0. The van der Waals surface area contributed by atoms with E-state index in [-0.39, 0.29) is 13.0 Å². The van der Waals surface area contributed by atoms with Gasteiger partial charge in [0.05, 0.1) is 6.61 Å². The first-order valence-electron chi connectivity index (χ1n) is 11.1. The van der Waals surface area contributed by atoms with Crippen LogP contribution in [0.3, 0.4) is 0 Å². The number of esters is 1. The molecule has 0 aromatic carbocycles. The van der Waals surface area contributed by atoms with E-state index in [4.69, 9.17) is 4.74 Å². The average molecular weight is 460 g/mol. The lowest BCUT2D eigenvalue weighted by molar-refractivity contribution is -0.147. The SMILES string of the molecule is C[CH+]OP(=O)(O)OCC(O)COC(=O)CCCCC=CCC=CCC=CCCCCC. The van der Waals surface area contributed by atoms with E-state index in [0.29, 0.717) is 6.42 Å². The number of ether oxygens (including phenoxy) is 1. The topological polar surface area (TPSA) is 102 Å². The van der Waals surface area contributed by atoms with Crippen molar-refractivity contribution in [1.82, 2.24) is 0 Å². The molecule has 8 heteroatoms. The van der Waals surface area contributed by atoms with Crippen LogP contribution < -0.4 is 0 Å². The molecule has 178 valence electrons. The van der Waals surface area contributed by atoms with Crippen molar-refractivity contribution in [2.45, 2.75) is 84.2 Å². The lowest BCUT2D eigenvalue weighted by atomic mass is 10.1. The van der Waals surface area contributed by atoms with Crippen molar-refractivity contribution in [3.8, 4) is 0 Å². The molecule has 2 N–H and O–H groups in total. The number of allylic oxidation sites excluding steroid dienone is 6. The number of hydrogen-bond donors (Lipinski definition) is 2. The summed E-state index contributed by atoms with van der Waals surface area (Å²) in [5.41, 5.74) is 0. The molecule has 0 aliphatic carbocycles. The Morgan fingerprint density at radius 3 is 2.13 bits per heavy atom. The molecule has 0 fully saturated rings. The average Bonchev–Trinajstić information content (AvgIpc) is 2.73. The van der Waals surface area contributed by atoms with E-state index in [9.17, 15) is 19.4 Å². The Labute approximate surface area is 187 Å². The van der Waals surface area contributed by atoms with Crippen molar-refractivity contribution in [1.29, 1.82) is 0 Å². The molecular weight excluding hydrogens is 419 g/mol. The molecule has 0 aliphatic heterocycles. The molecule has 2 unspecified atom stereocenters. The number of aliphatic hydroxyl groups is 1. The van der Waals surface area contributed by atoms with Gasteiger partial charge in [-0.3, -0.25) is 9.32 Å². The van der Waals surface area contributed by atoms with Gasteiger partial charge in [0.25, 0.3) is 0 Å². The summed E-state index contributed by atoms with van der Waals surface area (Å²) in [5.74, 6) is -0.418. The van der Waals surface area contributed by atoms with E-state index in [1.807, 2.05) is 0 Å². The Morgan fingerprint density at radius 1 is 0.968 bits per heavy atom. The molecule has 0 aromatic heterocycles. The van der Waals surface area contributed by atoms with Crippen LogP contribution in [0.4, 0.5) is 0 Å². The van der Waals surface area contributed by atoms with Gasteiger partial charge in [0.2, 0.25) is 6.61 Å². The second kappa shape index (κ2) is 20.5. The minimum atomic E-state index is -4.21. The van der Waals surface area contributed by atoms with Crippen molar-refractivity contribution >= 4 is 13.8 Å². The molecule has 0 rings (SSSR count). The minimum Gasteiger partial charge on any atom is -0.463 e. The predicted octanol–water partition coefficient (Wildman–Crippen LogP) is 5.80. The van der Waals surface area contributed by atoms with Gasteiger partial charge in [0, 0.05) is 6.42 Å². The number of aliphatic hydroxyl groups excluding tert-OH is 1. The summed E-state index contributed by atoms with van der Waals surface area (Å²) in [7, 11) is -4.21. The highest BCUT2D eigenvalue weighted by Gasteiger charge is 2.27. The molecule has 0 heterocycles. The molecule has 0 aromatic rings. The molecule has 7 nitrogen and oxygen atoms in total. The van der Waals surface area contributed by atoms with Gasteiger partial charge in [-0.05, 0) is 44.9 Å². The number of phosphoric acid groups is 1. The standard InChI is InChI=1S/C23H39O7P/c1-3-5-6-7-8-9-10-11-12-13-14-15-16-17-18-19-23(25)28-20-22(24)21-30-31(26,27)29-4-2/h4,8-9,11-12,14-15,22,24H,3,5-7,10,13,16-21H2,1-2H3/p+1. The normalized spacial score (nSPS) is 15.0. The molecule has 31 heavy (non-hydrogen) atoms. The van der Waals surface area contributed by atoms with Crippen molar-refractivity contribution in [3.05, 3.63) is 43.1 Å². The Balaban J connectivity index is 3.62. The van der Waals surface area contributed by atoms with Crippen LogP contribution in [0.1, 0.15) is 78.1 Å². The maximum atomic E-state index is 11.6. The number of unbranched alkanes of at least 4 members (excludes halogenated alkanes) is 5. The van der Waals surface area contributed by atoms with E-state index in [2.05, 4.69) is 52.4 Å². The van der Waals surface area contributed by atoms with E-state index in [0.717, 1.165) is 32.3 Å². The molecule has 0 saturated carbocycles. The van der Waals surface area contributed by atoms with Crippen LogP contribution in [0.15, 0.2) is 36.5 Å². The zero-order chi connectivity index (χ0) is 23.2. The van der Waals surface area contributed by atoms with Crippen LogP contribution in [0.2, 0.25) is 0 Å². The fourth-order valence-electron chi connectivity index (χ4n) is 2.47. The highest BCUT2D eigenvalue weighted by atomic mass is 31.2. The van der Waals surface area contributed by atoms with Crippen LogP contribution in [0.25, 0.3) is 0 Å². The lowest BCUT2D eigenvalue weighted by Gasteiger charge is -2.12. The molecule has 0 saturated heterocycles. The second-order valence-corrected chi connectivity index (χ2v) is 8.48. The first kappa shape index (κ1) is 29.6. The van der Waals surface area contributed by atoms with Crippen molar-refractivity contribution in [3.63, 3.8) is 0 Å². The van der Waals surface area contributed by atoms with Crippen LogP contribution >= 0.6 is 7.82 Å². The lowest BCUT2D eigenvalue weighted by Crippen LogP contribution is -2.23. The third-order valence-electron chi connectivity index (χ3n) is 4.13. The maximum absolute atomic E-state index is 11.6. The number of hydrogen-bond acceptors (Lipinski definition) is 6. The smallest absolute Gasteiger partial charge is 0.463 e. The predicted molar refractivity (Wildman–Crippen MR) is 123 cm³/mol. The van der Waals surface area contributed by atoms with E-state index >= 15 is 0 Å². The minimum absolute atomic E-state index is 0.262. The van der Waals surface area contributed by atoms with Crippen LogP contribution in [-0.4, -0.2) is 35.3 Å². The number of carbonyl (C=O) groups is 1. The highest BCUT2D eigenvalue weighted by Crippen LogP contribution is 2.43. The third kappa shape index (κ3) is 21.6. The monoisotopic (exact) mass is 459 g/mol. The number of rotatable bonds is 20. The number of carbonyl (C=O) groups excluding carboxylic acids is 1. The molecule has 0 bridgehead atoms. The molecule has 0 aliphatic rings. The summed E-state index contributed by atoms with van der Waals surface area (Å²) in [5, 5.41) is 9.61. The van der Waals surface area contributed by atoms with E-state index in [1.165, 1.54) is 32.6 Å². The van der Waals surface area contributed by atoms with E-state index in [1.54, 1.807) is 0 Å². The van der Waals surface area contributed by atoms with Gasteiger partial charge in [-0.2, -0.15) is 0 Å². The van der Waals surface area contributed by atoms with Gasteiger partial charge in [0.15, 0.2) is 0 Å². The Morgan fingerprint density at radius 2 is 1.55 bits per heavy atom. The van der Waals surface area contributed by atoms with Gasteiger partial charge in [-0.1, -0.05) is 60.7 Å². The van der Waals surface area contributed by atoms with E-state index < -0.39 is 26.5 Å². The second-order valence-electron chi connectivity index (χ2n) is 7.07. The van der Waals surface area contributed by atoms with Crippen LogP contribution in [0.5, 0.6) is 0 Å². The van der Waals surface area contributed by atoms with Crippen molar-refractivity contribution < 1.29 is 33.1 Å². The van der Waals surface area contributed by atoms with Crippen LogP contribution in [0, 0.1) is 6.61 Å². The van der Waals surface area contributed by atoms with Gasteiger partial charge in [-0.15, -0.1) is 0 Å². The summed E-state index contributed by atoms with van der Waals surface area (Å²) in [6, 6.07) is 0. The van der Waals surface area contributed by atoms with Gasteiger partial charge < -0.3 is 14.7 Å². The van der Waals surface area contributed by atoms with Gasteiger partial charge in [0.1, 0.15) is 19.6 Å². The largest absolute Gasteiger partial charge is 0.512 e. The summed E-state index contributed by atoms with van der Waals surface area (Å²) in [6.07, 6.45) is 21.5. The summed E-state index contributed by atoms with van der Waals surface area (Å²) in [4.78, 5) is 20.8. The fourth-order valence-corrected chi connectivity index (χ4v) is 3.16. The molecular formula is C23H40O7P+. The third-order valence-corrected chi connectivity index (χ3v) is 5.08. The summed E-state index contributed by atoms with van der Waals surface area (Å²) < 4.78 is 25.1. The molecule has 0 amide bonds. The molecule has 2 atom stereocenters. The van der Waals surface area contributed by atoms with Crippen LogP contribution in [-0.2, 0) is 23.1 Å². The first-order valence-corrected chi connectivity index (χ1v) is 12.6. The Kier molecular flexibility index (Phi) is 19.6.